The van der Waals surface area contributed by atoms with Crippen LogP contribution in [0.15, 0.2) is 24.3 Å². The molecule has 1 saturated heterocycles. The molecule has 1 aliphatic heterocycles. The molecular weight excluding hydrogens is 252 g/mol. The fourth-order valence-electron chi connectivity index (χ4n) is 2.67. The minimum atomic E-state index is -0.0605. The molecule has 0 bridgehead atoms. The minimum Gasteiger partial charge on any atom is -0.496 e. The summed E-state index contributed by atoms with van der Waals surface area (Å²) in [6, 6.07) is 7.69. The second-order valence-electron chi connectivity index (χ2n) is 5.33. The minimum absolute atomic E-state index is 0.0521. The Bertz CT molecular complexity index is 440. The fraction of sp³-hybridized carbons (Fsp3) is 0.562. The topological polar surface area (TPSA) is 50.4 Å². The van der Waals surface area contributed by atoms with E-state index in [9.17, 15) is 4.79 Å². The first-order valence-corrected chi connectivity index (χ1v) is 7.39. The Labute approximate surface area is 120 Å². The van der Waals surface area contributed by atoms with Crippen molar-refractivity contribution in [1.82, 2.24) is 10.6 Å². The fourth-order valence-corrected chi connectivity index (χ4v) is 2.67. The molecule has 1 aliphatic rings. The van der Waals surface area contributed by atoms with Gasteiger partial charge in [0.15, 0.2) is 0 Å². The molecule has 1 heterocycles. The summed E-state index contributed by atoms with van der Waals surface area (Å²) >= 11 is 0. The maximum absolute atomic E-state index is 12.3. The van der Waals surface area contributed by atoms with Crippen LogP contribution in [-0.4, -0.2) is 25.6 Å². The van der Waals surface area contributed by atoms with Crippen molar-refractivity contribution in [2.24, 2.45) is 0 Å². The van der Waals surface area contributed by atoms with Crippen molar-refractivity contribution in [2.45, 2.75) is 44.7 Å². The summed E-state index contributed by atoms with van der Waals surface area (Å²) in [5.74, 6) is 0.902. The van der Waals surface area contributed by atoms with Crippen molar-refractivity contribution >= 4 is 5.91 Å². The van der Waals surface area contributed by atoms with E-state index in [4.69, 9.17) is 4.74 Å². The van der Waals surface area contributed by atoms with Gasteiger partial charge in [0.1, 0.15) is 5.75 Å². The van der Waals surface area contributed by atoms with Crippen LogP contribution >= 0.6 is 0 Å². The van der Waals surface area contributed by atoms with Gasteiger partial charge < -0.3 is 15.4 Å². The Hall–Kier alpha value is -1.55. The number of rotatable bonds is 4. The van der Waals surface area contributed by atoms with Crippen molar-refractivity contribution in [3.05, 3.63) is 29.8 Å². The maximum Gasteiger partial charge on any atom is 0.237 e. The molecule has 4 heteroatoms. The Kier molecular flexibility index (Phi) is 5.41. The molecule has 0 radical (unpaired) electrons. The molecule has 0 aliphatic carbocycles. The lowest BCUT2D eigenvalue weighted by Crippen LogP contribution is -2.44. The smallest absolute Gasteiger partial charge is 0.237 e. The summed E-state index contributed by atoms with van der Waals surface area (Å²) in [7, 11) is 1.65. The zero-order chi connectivity index (χ0) is 14.4. The van der Waals surface area contributed by atoms with Crippen molar-refractivity contribution in [2.75, 3.05) is 13.7 Å². The number of benzene rings is 1. The van der Waals surface area contributed by atoms with Gasteiger partial charge in [-0.25, -0.2) is 0 Å². The molecule has 20 heavy (non-hydrogen) atoms. The number of para-hydroxylation sites is 1. The van der Waals surface area contributed by atoms with E-state index in [0.717, 1.165) is 37.1 Å². The van der Waals surface area contributed by atoms with Gasteiger partial charge >= 0.3 is 0 Å². The monoisotopic (exact) mass is 276 g/mol. The van der Waals surface area contributed by atoms with Crippen LogP contribution in [0.5, 0.6) is 5.75 Å². The maximum atomic E-state index is 12.3. The predicted octanol–water partition coefficient (Wildman–Crippen LogP) is 2.40. The average molecular weight is 276 g/mol. The lowest BCUT2D eigenvalue weighted by atomic mass is 10.1. The van der Waals surface area contributed by atoms with Gasteiger partial charge in [-0.05, 0) is 32.4 Å². The molecule has 0 spiro atoms. The Balaban J connectivity index is 1.99. The molecule has 2 atom stereocenters. The first kappa shape index (κ1) is 14.9. The molecule has 1 amide bonds. The van der Waals surface area contributed by atoms with E-state index in [0.29, 0.717) is 0 Å². The number of ether oxygens (including phenoxy) is 1. The van der Waals surface area contributed by atoms with E-state index in [1.165, 1.54) is 6.42 Å². The summed E-state index contributed by atoms with van der Waals surface area (Å²) < 4.78 is 5.35. The van der Waals surface area contributed by atoms with Gasteiger partial charge in [0.05, 0.1) is 19.2 Å². The molecule has 0 saturated carbocycles. The van der Waals surface area contributed by atoms with Crippen LogP contribution in [0, 0.1) is 0 Å². The first-order chi connectivity index (χ1) is 9.72. The van der Waals surface area contributed by atoms with E-state index in [1.54, 1.807) is 7.11 Å². The van der Waals surface area contributed by atoms with Gasteiger partial charge in [-0.2, -0.15) is 0 Å². The molecule has 2 N–H and O–H groups in total. The molecule has 1 aromatic carbocycles. The Morgan fingerprint density at radius 2 is 2.15 bits per heavy atom. The van der Waals surface area contributed by atoms with E-state index in [1.807, 2.05) is 31.2 Å². The number of nitrogens with one attached hydrogen (secondary N) is 2. The first-order valence-electron chi connectivity index (χ1n) is 7.39. The Morgan fingerprint density at radius 1 is 1.35 bits per heavy atom. The lowest BCUT2D eigenvalue weighted by Gasteiger charge is -2.21. The van der Waals surface area contributed by atoms with Gasteiger partial charge in [0.25, 0.3) is 0 Å². The largest absolute Gasteiger partial charge is 0.496 e. The third-order valence-corrected chi connectivity index (χ3v) is 3.84. The molecule has 2 unspecified atom stereocenters. The highest BCUT2D eigenvalue weighted by Gasteiger charge is 2.22. The van der Waals surface area contributed by atoms with E-state index in [2.05, 4.69) is 10.6 Å². The number of amides is 1. The van der Waals surface area contributed by atoms with Gasteiger partial charge in [-0.1, -0.05) is 31.0 Å². The molecule has 110 valence electrons. The quantitative estimate of drug-likeness (QED) is 0.888. The summed E-state index contributed by atoms with van der Waals surface area (Å²) in [6.07, 6.45) is 4.41. The summed E-state index contributed by atoms with van der Waals surface area (Å²) in [6.45, 7) is 2.92. The van der Waals surface area contributed by atoms with Crippen LogP contribution in [0.2, 0.25) is 0 Å². The zero-order valence-corrected chi connectivity index (χ0v) is 12.3. The SMILES string of the molecule is COc1ccccc1C(C)NC(=O)C1CCCCCN1. The molecule has 2 rings (SSSR count). The highest BCUT2D eigenvalue weighted by molar-refractivity contribution is 5.82. The molecule has 4 nitrogen and oxygen atoms in total. The molecule has 1 aromatic rings. The van der Waals surface area contributed by atoms with Crippen molar-refractivity contribution < 1.29 is 9.53 Å². The van der Waals surface area contributed by atoms with Gasteiger partial charge in [-0.15, -0.1) is 0 Å². The van der Waals surface area contributed by atoms with Crippen molar-refractivity contribution in [3.63, 3.8) is 0 Å². The van der Waals surface area contributed by atoms with Crippen LogP contribution in [0.1, 0.15) is 44.2 Å². The zero-order valence-electron chi connectivity index (χ0n) is 12.3. The summed E-state index contributed by atoms with van der Waals surface area (Å²) in [5.41, 5.74) is 1.01. The highest BCUT2D eigenvalue weighted by Crippen LogP contribution is 2.24. The third kappa shape index (κ3) is 3.73. The van der Waals surface area contributed by atoms with E-state index >= 15 is 0 Å². The standard InChI is InChI=1S/C16H24N2O2/c1-12(13-8-5-6-10-15(13)20-2)18-16(19)14-9-4-3-7-11-17-14/h5-6,8,10,12,14,17H,3-4,7,9,11H2,1-2H3,(H,18,19). The Morgan fingerprint density at radius 3 is 2.95 bits per heavy atom. The van der Waals surface area contributed by atoms with Gasteiger partial charge in [0, 0.05) is 5.56 Å². The van der Waals surface area contributed by atoms with Crippen LogP contribution in [-0.2, 0) is 4.79 Å². The lowest BCUT2D eigenvalue weighted by molar-refractivity contribution is -0.123. The highest BCUT2D eigenvalue weighted by atomic mass is 16.5. The summed E-state index contributed by atoms with van der Waals surface area (Å²) in [5, 5.41) is 6.41. The van der Waals surface area contributed by atoms with Crippen LogP contribution in [0.25, 0.3) is 0 Å². The molecular formula is C16H24N2O2. The second-order valence-corrected chi connectivity index (χ2v) is 5.33. The average Bonchev–Trinajstić information content (AvgIpc) is 2.76. The molecule has 1 fully saturated rings. The van der Waals surface area contributed by atoms with Gasteiger partial charge in [-0.3, -0.25) is 4.79 Å². The number of methoxy groups -OCH3 is 1. The normalized spacial score (nSPS) is 20.8. The van der Waals surface area contributed by atoms with E-state index < -0.39 is 0 Å². The van der Waals surface area contributed by atoms with Crippen LogP contribution in [0.3, 0.4) is 0 Å². The van der Waals surface area contributed by atoms with Crippen LogP contribution in [0.4, 0.5) is 0 Å². The number of hydrogen-bond acceptors (Lipinski definition) is 3. The van der Waals surface area contributed by atoms with Crippen molar-refractivity contribution in [3.8, 4) is 5.75 Å². The predicted molar refractivity (Wildman–Crippen MR) is 79.8 cm³/mol. The van der Waals surface area contributed by atoms with Gasteiger partial charge in [0.2, 0.25) is 5.91 Å². The van der Waals surface area contributed by atoms with Crippen LogP contribution < -0.4 is 15.4 Å². The second kappa shape index (κ2) is 7.29. The summed E-state index contributed by atoms with van der Waals surface area (Å²) in [4.78, 5) is 12.3. The number of carbonyl (C=O) groups excluding carboxylic acids is 1. The van der Waals surface area contributed by atoms with E-state index in [-0.39, 0.29) is 18.0 Å². The molecule has 0 aromatic heterocycles. The number of hydrogen-bond donors (Lipinski definition) is 2. The van der Waals surface area contributed by atoms with Crippen molar-refractivity contribution in [1.29, 1.82) is 0 Å². The third-order valence-electron chi connectivity index (χ3n) is 3.84. The number of carbonyl (C=O) groups is 1.